The monoisotopic (exact) mass is 551 g/mol. The number of hydrogen-bond acceptors (Lipinski definition) is 6. The van der Waals surface area contributed by atoms with Gasteiger partial charge in [0.2, 0.25) is 0 Å². The van der Waals surface area contributed by atoms with Crippen LogP contribution in [0.2, 0.25) is 5.02 Å². The van der Waals surface area contributed by atoms with Crippen molar-refractivity contribution in [2.75, 3.05) is 18.5 Å². The summed E-state index contributed by atoms with van der Waals surface area (Å²) in [5.41, 5.74) is -0.476. The summed E-state index contributed by atoms with van der Waals surface area (Å²) in [7, 11) is -4.26. The maximum atomic E-state index is 13.4. The molecular formula is C22H22ClF3NO6PS. The van der Waals surface area contributed by atoms with Crippen molar-refractivity contribution in [3.8, 4) is 0 Å². The van der Waals surface area contributed by atoms with Gasteiger partial charge in [0.1, 0.15) is 5.34 Å². The number of nitrogens with one attached hydrogen (secondary N) is 1. The van der Waals surface area contributed by atoms with Crippen LogP contribution >= 0.6 is 20.4 Å². The second-order valence-electron chi connectivity index (χ2n) is 8.62. The summed E-state index contributed by atoms with van der Waals surface area (Å²) in [6.07, 6.45) is 1.04. The highest BCUT2D eigenvalue weighted by atomic mass is 35.5. The number of aliphatic hydroxyl groups excluding tert-OH is 1. The van der Waals surface area contributed by atoms with E-state index in [1.54, 1.807) is 0 Å². The molecule has 35 heavy (non-hydrogen) atoms. The van der Waals surface area contributed by atoms with E-state index in [0.29, 0.717) is 18.6 Å². The van der Waals surface area contributed by atoms with E-state index in [-0.39, 0.29) is 67.9 Å². The summed E-state index contributed by atoms with van der Waals surface area (Å²) in [6, 6.07) is 4.78. The van der Waals surface area contributed by atoms with Crippen molar-refractivity contribution >= 4 is 41.8 Å². The standard InChI is InChI=1S/C22H22ClF3NO6PS/c23-16-2-1-11(21(29)27-14-9-17(24)20(26)18(25)10-14)5-19(16)35(31,32)15-7-12-6-13(8-15)22(12,30)34-33-4-3-28/h1-2,5,9-10,12-13,15,28,30,34H,3-4,6-8H2,(H,27,29). The number of amides is 1. The molecule has 0 radical (unpaired) electrons. The van der Waals surface area contributed by atoms with Gasteiger partial charge in [0.25, 0.3) is 5.91 Å². The number of anilines is 1. The molecule has 3 N–H and O–H groups in total. The molecule has 0 aromatic heterocycles. The summed E-state index contributed by atoms with van der Waals surface area (Å²) in [6.45, 7) is -0.0908. The maximum Gasteiger partial charge on any atom is 0.255 e. The zero-order valence-corrected chi connectivity index (χ0v) is 20.7. The molecule has 0 saturated heterocycles. The molecule has 2 aromatic rings. The van der Waals surface area contributed by atoms with E-state index in [1.807, 2.05) is 0 Å². The topological polar surface area (TPSA) is 113 Å². The Balaban J connectivity index is 1.52. The Labute approximate surface area is 206 Å². The first-order valence-corrected chi connectivity index (χ1v) is 13.5. The lowest BCUT2D eigenvalue weighted by Gasteiger charge is -2.57. The van der Waals surface area contributed by atoms with Crippen LogP contribution in [-0.4, -0.2) is 48.3 Å². The molecule has 3 atom stereocenters. The zero-order chi connectivity index (χ0) is 25.5. The Morgan fingerprint density at radius 3 is 2.37 bits per heavy atom. The SMILES string of the molecule is O=C(Nc1cc(F)c(F)c(F)c1)c1ccc(Cl)c(S(=O)(=O)C2CC3CC(C2)C3(O)POCCO)c1. The number of rotatable bonds is 8. The Morgan fingerprint density at radius 2 is 1.77 bits per heavy atom. The van der Waals surface area contributed by atoms with Crippen molar-refractivity contribution in [2.45, 2.75) is 34.8 Å². The molecule has 2 bridgehead atoms. The van der Waals surface area contributed by atoms with Crippen molar-refractivity contribution in [1.82, 2.24) is 0 Å². The van der Waals surface area contributed by atoms with Crippen molar-refractivity contribution in [3.05, 3.63) is 58.4 Å². The van der Waals surface area contributed by atoms with Crippen molar-refractivity contribution in [2.24, 2.45) is 11.8 Å². The number of fused-ring (bicyclic) bond motifs is 2. The molecule has 13 heteroatoms. The Bertz CT molecular complexity index is 1230. The van der Waals surface area contributed by atoms with Crippen LogP contribution in [0.3, 0.4) is 0 Å². The van der Waals surface area contributed by atoms with Gasteiger partial charge in [-0.25, -0.2) is 21.6 Å². The molecule has 0 spiro atoms. The lowest BCUT2D eigenvalue weighted by atomic mass is 9.62. The van der Waals surface area contributed by atoms with Gasteiger partial charge in [0.05, 0.1) is 28.4 Å². The first kappa shape index (κ1) is 26.3. The summed E-state index contributed by atoms with van der Waals surface area (Å²) >= 11 is 6.17. The molecule has 1 amide bonds. The fourth-order valence-corrected chi connectivity index (χ4v) is 8.29. The van der Waals surface area contributed by atoms with Gasteiger partial charge in [0, 0.05) is 32.2 Å². The zero-order valence-electron chi connectivity index (χ0n) is 18.1. The average molecular weight is 552 g/mol. The summed E-state index contributed by atoms with van der Waals surface area (Å²) in [4.78, 5) is 12.3. The van der Waals surface area contributed by atoms with Crippen molar-refractivity contribution in [1.29, 1.82) is 0 Å². The third-order valence-corrected chi connectivity index (χ3v) is 10.7. The van der Waals surface area contributed by atoms with E-state index in [0.717, 1.165) is 6.07 Å². The van der Waals surface area contributed by atoms with Gasteiger partial charge in [-0.2, -0.15) is 0 Å². The second kappa shape index (κ2) is 9.95. The number of hydrogen-bond donors (Lipinski definition) is 3. The van der Waals surface area contributed by atoms with Gasteiger partial charge < -0.3 is 20.1 Å². The Kier molecular flexibility index (Phi) is 7.48. The molecule has 3 unspecified atom stereocenters. The summed E-state index contributed by atoms with van der Waals surface area (Å²) in [5, 5.41) is 19.9. The number of benzene rings is 2. The molecule has 3 aliphatic rings. The van der Waals surface area contributed by atoms with Crippen LogP contribution in [0, 0.1) is 29.3 Å². The molecule has 190 valence electrons. The van der Waals surface area contributed by atoms with Crippen LogP contribution in [0.15, 0.2) is 35.2 Å². The first-order chi connectivity index (χ1) is 16.5. The highest BCUT2D eigenvalue weighted by Crippen LogP contribution is 2.62. The molecule has 7 nitrogen and oxygen atoms in total. The fraction of sp³-hybridized carbons (Fsp3) is 0.409. The maximum absolute atomic E-state index is 13.4. The van der Waals surface area contributed by atoms with E-state index in [9.17, 15) is 31.5 Å². The molecule has 0 aliphatic heterocycles. The fourth-order valence-electron chi connectivity index (χ4n) is 4.66. The van der Waals surface area contributed by atoms with Gasteiger partial charge in [-0.3, -0.25) is 4.79 Å². The minimum Gasteiger partial charge on any atom is -0.394 e. The number of sulfone groups is 1. The predicted octanol–water partition coefficient (Wildman–Crippen LogP) is 3.87. The average Bonchev–Trinajstić information content (AvgIpc) is 2.82. The van der Waals surface area contributed by atoms with Gasteiger partial charge >= 0.3 is 0 Å². The minimum absolute atomic E-state index is 0.0869. The normalized spacial score (nSPS) is 26.1. The van der Waals surface area contributed by atoms with Crippen molar-refractivity contribution < 1.29 is 41.1 Å². The molecule has 3 aliphatic carbocycles. The predicted molar refractivity (Wildman–Crippen MR) is 124 cm³/mol. The summed E-state index contributed by atoms with van der Waals surface area (Å²) in [5.74, 6) is -6.10. The van der Waals surface area contributed by atoms with Crippen LogP contribution in [0.5, 0.6) is 0 Å². The minimum atomic E-state index is -3.99. The third-order valence-electron chi connectivity index (χ3n) is 6.52. The third kappa shape index (κ3) is 4.95. The van der Waals surface area contributed by atoms with E-state index in [4.69, 9.17) is 21.2 Å². The van der Waals surface area contributed by atoms with Crippen molar-refractivity contribution in [3.63, 3.8) is 0 Å². The van der Waals surface area contributed by atoms with Crippen LogP contribution in [0.1, 0.15) is 29.6 Å². The van der Waals surface area contributed by atoms with E-state index >= 15 is 0 Å². The number of carbonyl (C=O) groups is 1. The van der Waals surface area contributed by atoms with Gasteiger partial charge in [-0.15, -0.1) is 0 Å². The highest BCUT2D eigenvalue weighted by Gasteiger charge is 2.60. The van der Waals surface area contributed by atoms with Crippen LogP contribution in [0.4, 0.5) is 18.9 Å². The van der Waals surface area contributed by atoms with Crippen LogP contribution in [0.25, 0.3) is 0 Å². The molecule has 5 rings (SSSR count). The number of carbonyl (C=O) groups excluding carboxylic acids is 1. The number of aliphatic hydroxyl groups is 2. The van der Waals surface area contributed by atoms with Crippen LogP contribution in [-0.2, 0) is 14.4 Å². The Hall–Kier alpha value is -1.75. The highest BCUT2D eigenvalue weighted by molar-refractivity contribution is 7.92. The lowest BCUT2D eigenvalue weighted by molar-refractivity contribution is -0.112. The molecule has 3 fully saturated rings. The lowest BCUT2D eigenvalue weighted by Crippen LogP contribution is -2.59. The van der Waals surface area contributed by atoms with Gasteiger partial charge in [-0.05, 0) is 49.3 Å². The van der Waals surface area contributed by atoms with Crippen LogP contribution < -0.4 is 5.32 Å². The first-order valence-electron chi connectivity index (χ1n) is 10.7. The molecular weight excluding hydrogens is 530 g/mol. The van der Waals surface area contributed by atoms with E-state index < -0.39 is 43.8 Å². The quantitative estimate of drug-likeness (QED) is 0.261. The second-order valence-corrected chi connectivity index (χ2v) is 12.5. The van der Waals surface area contributed by atoms with E-state index in [2.05, 4.69) is 5.32 Å². The summed E-state index contributed by atoms with van der Waals surface area (Å²) < 4.78 is 72.2. The number of halogens is 4. The van der Waals surface area contributed by atoms with Gasteiger partial charge in [0.15, 0.2) is 27.3 Å². The molecule has 3 saturated carbocycles. The molecule has 0 heterocycles. The smallest absolute Gasteiger partial charge is 0.255 e. The largest absolute Gasteiger partial charge is 0.394 e. The molecule has 2 aromatic carbocycles. The Morgan fingerprint density at radius 1 is 1.14 bits per heavy atom. The van der Waals surface area contributed by atoms with E-state index in [1.165, 1.54) is 12.1 Å². The van der Waals surface area contributed by atoms with Gasteiger partial charge in [-0.1, -0.05) is 11.6 Å².